The van der Waals surface area contributed by atoms with Crippen molar-refractivity contribution in [3.8, 4) is 0 Å². The maximum atomic E-state index is 7.41. The Bertz CT molecular complexity index is 406. The van der Waals surface area contributed by atoms with Crippen molar-refractivity contribution in [1.29, 1.82) is 0 Å². The number of nitrogens with one attached hydrogen (secondary N) is 1. The molecule has 0 spiro atoms. The third-order valence-electron chi connectivity index (χ3n) is 1.86. The van der Waals surface area contributed by atoms with Gasteiger partial charge in [-0.05, 0) is 24.1 Å². The van der Waals surface area contributed by atoms with E-state index in [2.05, 4.69) is 16.9 Å². The van der Waals surface area contributed by atoms with E-state index in [4.69, 9.17) is 1.37 Å². The Kier molecular flexibility index (Phi) is 1.16. The second-order valence-corrected chi connectivity index (χ2v) is 2.50. The number of H-pyrrole nitrogens is 1. The molecule has 0 atom stereocenters. The second kappa shape index (κ2) is 2.38. The van der Waals surface area contributed by atoms with Crippen molar-refractivity contribution in [2.24, 2.45) is 0 Å². The Morgan fingerprint density at radius 2 is 2.64 bits per heavy atom. The summed E-state index contributed by atoms with van der Waals surface area (Å²) in [6.07, 6.45) is 4.49. The first kappa shape index (κ1) is 5.35. The first-order valence-corrected chi connectivity index (χ1v) is 3.74. The summed E-state index contributed by atoms with van der Waals surface area (Å²) < 4.78 is 7.41. The summed E-state index contributed by atoms with van der Waals surface area (Å²) in [4.78, 5) is 7.18. The molecule has 2 heteroatoms. The quantitative estimate of drug-likeness (QED) is 0.657. The van der Waals surface area contributed by atoms with Gasteiger partial charge in [0.2, 0.25) is 0 Å². The van der Waals surface area contributed by atoms with E-state index in [-0.39, 0.29) is 0 Å². The van der Waals surface area contributed by atoms with Crippen LogP contribution in [0.1, 0.15) is 13.9 Å². The van der Waals surface area contributed by atoms with E-state index in [0.717, 1.165) is 17.5 Å². The van der Waals surface area contributed by atoms with E-state index in [1.165, 1.54) is 5.56 Å². The number of rotatable bonds is 1. The van der Waals surface area contributed by atoms with Gasteiger partial charge in [0.1, 0.15) is 5.65 Å². The molecule has 0 aliphatic heterocycles. The fourth-order valence-electron chi connectivity index (χ4n) is 1.25. The van der Waals surface area contributed by atoms with Crippen LogP contribution in [0.5, 0.6) is 0 Å². The van der Waals surface area contributed by atoms with Crippen LogP contribution in [-0.2, 0) is 6.42 Å². The van der Waals surface area contributed by atoms with E-state index in [0.29, 0.717) is 6.04 Å². The Labute approximate surface area is 66.7 Å². The fraction of sp³-hybridized carbons (Fsp3) is 0.222. The number of hydrogen-bond donors (Lipinski definition) is 1. The predicted octanol–water partition coefficient (Wildman–Crippen LogP) is 2.13. The van der Waals surface area contributed by atoms with Gasteiger partial charge in [0.15, 0.2) is 0 Å². The largest absolute Gasteiger partial charge is 0.346 e. The summed E-state index contributed by atoms with van der Waals surface area (Å²) in [6.45, 7) is 2.10. The lowest BCUT2D eigenvalue weighted by Gasteiger charge is -1.89. The second-order valence-electron chi connectivity index (χ2n) is 2.50. The lowest BCUT2D eigenvalue weighted by atomic mass is 10.2. The van der Waals surface area contributed by atoms with Crippen molar-refractivity contribution in [3.05, 3.63) is 30.1 Å². The van der Waals surface area contributed by atoms with Gasteiger partial charge in [0.05, 0.1) is 1.37 Å². The van der Waals surface area contributed by atoms with Crippen molar-refractivity contribution in [2.75, 3.05) is 0 Å². The lowest BCUT2D eigenvalue weighted by molar-refractivity contribution is 1.15. The van der Waals surface area contributed by atoms with E-state index >= 15 is 0 Å². The normalized spacial score (nSPS) is 11.9. The van der Waals surface area contributed by atoms with Gasteiger partial charge in [-0.1, -0.05) is 6.92 Å². The lowest BCUT2D eigenvalue weighted by Crippen LogP contribution is -1.75. The number of nitrogens with zero attached hydrogens (tertiary/aromatic N) is 1. The molecule has 0 fully saturated rings. The average Bonchev–Trinajstić information content (AvgIpc) is 2.46. The first-order valence-electron chi connectivity index (χ1n) is 4.24. The van der Waals surface area contributed by atoms with Crippen LogP contribution in [-0.4, -0.2) is 9.97 Å². The molecule has 2 rings (SSSR count). The topological polar surface area (TPSA) is 28.7 Å². The van der Waals surface area contributed by atoms with Gasteiger partial charge in [-0.3, -0.25) is 0 Å². The highest BCUT2D eigenvalue weighted by Crippen LogP contribution is 2.15. The van der Waals surface area contributed by atoms with Crippen molar-refractivity contribution >= 4 is 11.0 Å². The van der Waals surface area contributed by atoms with Crippen LogP contribution >= 0.6 is 0 Å². The molecule has 1 N–H and O–H groups in total. The molecule has 56 valence electrons. The van der Waals surface area contributed by atoms with E-state index < -0.39 is 0 Å². The van der Waals surface area contributed by atoms with Gasteiger partial charge >= 0.3 is 0 Å². The molecule has 0 saturated heterocycles. The molecule has 0 amide bonds. The van der Waals surface area contributed by atoms with Crippen molar-refractivity contribution < 1.29 is 1.37 Å². The third-order valence-corrected chi connectivity index (χ3v) is 1.86. The number of aryl methyl sites for hydroxylation is 1. The molecule has 0 aliphatic rings. The molecule has 2 aromatic heterocycles. The van der Waals surface area contributed by atoms with Crippen molar-refractivity contribution in [1.82, 2.24) is 9.97 Å². The summed E-state index contributed by atoms with van der Waals surface area (Å²) in [7, 11) is 0. The highest BCUT2D eigenvalue weighted by molar-refractivity contribution is 5.79. The first-order chi connectivity index (χ1) is 5.81. The molecule has 11 heavy (non-hydrogen) atoms. The number of pyridine rings is 1. The molecular formula is C9H10N2. The van der Waals surface area contributed by atoms with Gasteiger partial charge in [0.25, 0.3) is 0 Å². The molecule has 0 aromatic carbocycles. The third kappa shape index (κ3) is 0.909. The minimum atomic E-state index is 0.469. The van der Waals surface area contributed by atoms with Crippen LogP contribution in [0.3, 0.4) is 0 Å². The van der Waals surface area contributed by atoms with Gasteiger partial charge in [-0.15, -0.1) is 0 Å². The van der Waals surface area contributed by atoms with Crippen LogP contribution in [0.15, 0.2) is 24.5 Å². The summed E-state index contributed by atoms with van der Waals surface area (Å²) >= 11 is 0. The Morgan fingerprint density at radius 3 is 3.45 bits per heavy atom. The van der Waals surface area contributed by atoms with E-state index in [1.807, 2.05) is 12.3 Å². The minimum Gasteiger partial charge on any atom is -0.346 e. The fourth-order valence-corrected chi connectivity index (χ4v) is 1.25. The number of fused-ring (bicyclic) bond motifs is 1. The van der Waals surface area contributed by atoms with Gasteiger partial charge < -0.3 is 4.98 Å². The molecule has 0 aliphatic carbocycles. The van der Waals surface area contributed by atoms with Crippen LogP contribution < -0.4 is 0 Å². The van der Waals surface area contributed by atoms with E-state index in [1.54, 1.807) is 6.20 Å². The number of aromatic amines is 1. The molecule has 2 nitrogen and oxygen atoms in total. The highest BCUT2D eigenvalue weighted by Gasteiger charge is 1.99. The standard InChI is InChI=1S/C9H10N2/c1-2-7-6-11-9-8(7)4-3-5-10-9/h3-6H,2H2,1H3,(H,10,11)/i3D. The van der Waals surface area contributed by atoms with Crippen LogP contribution in [0, 0.1) is 0 Å². The smallest absolute Gasteiger partial charge is 0.137 e. The van der Waals surface area contributed by atoms with Gasteiger partial charge in [-0.2, -0.15) is 0 Å². The average molecular weight is 147 g/mol. The van der Waals surface area contributed by atoms with E-state index in [9.17, 15) is 0 Å². The van der Waals surface area contributed by atoms with Gasteiger partial charge in [0, 0.05) is 17.8 Å². The summed E-state index contributed by atoms with van der Waals surface area (Å²) in [5.41, 5.74) is 2.11. The maximum Gasteiger partial charge on any atom is 0.137 e. The molecule has 0 bridgehead atoms. The predicted molar refractivity (Wildman–Crippen MR) is 45.5 cm³/mol. The Balaban J connectivity index is 2.75. The molecule has 0 unspecified atom stereocenters. The number of hydrogen-bond acceptors (Lipinski definition) is 1. The maximum absolute atomic E-state index is 7.41. The van der Waals surface area contributed by atoms with Crippen molar-refractivity contribution in [3.63, 3.8) is 0 Å². The molecule has 2 aromatic rings. The minimum absolute atomic E-state index is 0.469. The highest BCUT2D eigenvalue weighted by atomic mass is 14.8. The summed E-state index contributed by atoms with van der Waals surface area (Å²) in [5.74, 6) is 0. The molecular weight excluding hydrogens is 136 g/mol. The van der Waals surface area contributed by atoms with Crippen molar-refractivity contribution in [2.45, 2.75) is 13.3 Å². The summed E-state index contributed by atoms with van der Waals surface area (Å²) in [6, 6.07) is 2.31. The van der Waals surface area contributed by atoms with Gasteiger partial charge in [-0.25, -0.2) is 4.98 Å². The Morgan fingerprint density at radius 1 is 1.73 bits per heavy atom. The molecule has 0 radical (unpaired) electrons. The monoisotopic (exact) mass is 147 g/mol. The molecule has 0 saturated carbocycles. The zero-order valence-electron chi connectivity index (χ0n) is 7.39. The molecule has 2 heterocycles. The number of aromatic nitrogens is 2. The Hall–Kier alpha value is -1.31. The summed E-state index contributed by atoms with van der Waals surface area (Å²) in [5, 5.41) is 1.07. The van der Waals surface area contributed by atoms with Crippen LogP contribution in [0.2, 0.25) is 0 Å². The zero-order chi connectivity index (χ0) is 8.55. The zero-order valence-corrected chi connectivity index (χ0v) is 6.39. The van der Waals surface area contributed by atoms with Crippen LogP contribution in [0.25, 0.3) is 11.0 Å². The SMILES string of the molecule is [2H]c1cnc2[nH]cc(CC)c2c1. The van der Waals surface area contributed by atoms with Crippen LogP contribution in [0.4, 0.5) is 0 Å².